The summed E-state index contributed by atoms with van der Waals surface area (Å²) in [5.74, 6) is 0.572. The third kappa shape index (κ3) is 3.21. The Balaban J connectivity index is 1.34. The summed E-state index contributed by atoms with van der Waals surface area (Å²) in [6, 6.07) is 15.8. The smallest absolute Gasteiger partial charge is 0.257 e. The zero-order valence-corrected chi connectivity index (χ0v) is 14.2. The highest BCUT2D eigenvalue weighted by molar-refractivity contribution is 5.96. The van der Waals surface area contributed by atoms with Crippen molar-refractivity contribution in [2.24, 2.45) is 0 Å². The molecule has 6 heteroatoms. The van der Waals surface area contributed by atoms with Crippen molar-refractivity contribution in [2.75, 3.05) is 13.2 Å². The van der Waals surface area contributed by atoms with Crippen molar-refractivity contribution in [1.82, 2.24) is 15.5 Å². The molecule has 1 amide bonds. The van der Waals surface area contributed by atoms with E-state index in [4.69, 9.17) is 9.26 Å². The Bertz CT molecular complexity index is 1090. The Kier molecular flexibility index (Phi) is 4.23. The molecule has 130 valence electrons. The van der Waals surface area contributed by atoms with Gasteiger partial charge in [0.25, 0.3) is 11.6 Å². The molecular formula is C20H17N3O3. The van der Waals surface area contributed by atoms with E-state index in [0.29, 0.717) is 30.1 Å². The first-order valence-electron chi connectivity index (χ1n) is 8.32. The second-order valence-electron chi connectivity index (χ2n) is 5.96. The lowest BCUT2D eigenvalue weighted by molar-refractivity contribution is 0.0947. The molecular weight excluding hydrogens is 330 g/mol. The number of fused-ring (bicyclic) bond motifs is 2. The summed E-state index contributed by atoms with van der Waals surface area (Å²) < 4.78 is 10.8. The maximum absolute atomic E-state index is 12.2. The predicted octanol–water partition coefficient (Wildman–Crippen LogP) is 3.49. The van der Waals surface area contributed by atoms with E-state index < -0.39 is 0 Å². The maximum atomic E-state index is 12.2. The zero-order valence-electron chi connectivity index (χ0n) is 14.2. The molecule has 0 aliphatic rings. The lowest BCUT2D eigenvalue weighted by Crippen LogP contribution is -2.28. The molecule has 2 heterocycles. The maximum Gasteiger partial charge on any atom is 0.257 e. The number of carbonyl (C=O) groups is 1. The van der Waals surface area contributed by atoms with Crippen LogP contribution in [0.1, 0.15) is 16.1 Å². The Labute approximate surface area is 149 Å². The summed E-state index contributed by atoms with van der Waals surface area (Å²) in [6.45, 7) is 2.59. The second-order valence-corrected chi connectivity index (χ2v) is 5.96. The quantitative estimate of drug-likeness (QED) is 0.559. The molecule has 0 saturated heterocycles. The molecule has 0 aliphatic carbocycles. The van der Waals surface area contributed by atoms with Gasteiger partial charge in [-0.2, -0.15) is 0 Å². The molecule has 4 rings (SSSR count). The van der Waals surface area contributed by atoms with Gasteiger partial charge in [-0.25, -0.2) is 4.98 Å². The molecule has 0 spiro atoms. The van der Waals surface area contributed by atoms with Gasteiger partial charge < -0.3 is 14.6 Å². The van der Waals surface area contributed by atoms with Gasteiger partial charge in [0.2, 0.25) is 0 Å². The number of amides is 1. The number of aryl methyl sites for hydroxylation is 1. The molecule has 6 nitrogen and oxygen atoms in total. The summed E-state index contributed by atoms with van der Waals surface area (Å²) in [5, 5.41) is 9.70. The van der Waals surface area contributed by atoms with Gasteiger partial charge in [0.15, 0.2) is 0 Å². The number of pyridine rings is 1. The van der Waals surface area contributed by atoms with Crippen molar-refractivity contribution in [1.29, 1.82) is 0 Å². The lowest BCUT2D eigenvalue weighted by atomic mass is 10.1. The average molecular weight is 347 g/mol. The SMILES string of the molecule is Cc1noc2ncc(C(=O)NCCOc3ccc4ccccc4c3)cc12. The number of carbonyl (C=O) groups excluding carboxylic acids is 1. The third-order valence-electron chi connectivity index (χ3n) is 4.15. The van der Waals surface area contributed by atoms with Gasteiger partial charge in [0.1, 0.15) is 12.4 Å². The monoisotopic (exact) mass is 347 g/mol. The minimum atomic E-state index is -0.206. The first-order valence-corrected chi connectivity index (χ1v) is 8.32. The molecule has 0 bridgehead atoms. The number of benzene rings is 2. The van der Waals surface area contributed by atoms with Crippen molar-refractivity contribution in [3.8, 4) is 5.75 Å². The topological polar surface area (TPSA) is 77.2 Å². The van der Waals surface area contributed by atoms with E-state index in [9.17, 15) is 4.79 Å². The number of hydrogen-bond acceptors (Lipinski definition) is 5. The van der Waals surface area contributed by atoms with Crippen LogP contribution < -0.4 is 10.1 Å². The van der Waals surface area contributed by atoms with E-state index in [0.717, 1.165) is 16.5 Å². The van der Waals surface area contributed by atoms with Crippen LogP contribution in [0.2, 0.25) is 0 Å². The number of rotatable bonds is 5. The molecule has 2 aromatic heterocycles. The molecule has 0 radical (unpaired) electrons. The number of nitrogens with zero attached hydrogens (tertiary/aromatic N) is 2. The van der Waals surface area contributed by atoms with Crippen LogP contribution in [0.25, 0.3) is 21.9 Å². The molecule has 0 saturated carbocycles. The summed E-state index contributed by atoms with van der Waals surface area (Å²) in [7, 11) is 0. The molecule has 26 heavy (non-hydrogen) atoms. The van der Waals surface area contributed by atoms with E-state index in [1.165, 1.54) is 11.6 Å². The number of aromatic nitrogens is 2. The minimum absolute atomic E-state index is 0.206. The van der Waals surface area contributed by atoms with E-state index in [1.54, 1.807) is 6.07 Å². The van der Waals surface area contributed by atoms with Crippen molar-refractivity contribution < 1.29 is 14.1 Å². The molecule has 0 unspecified atom stereocenters. The molecule has 0 fully saturated rings. The summed E-state index contributed by atoms with van der Waals surface area (Å²) >= 11 is 0. The summed E-state index contributed by atoms with van der Waals surface area (Å²) in [6.07, 6.45) is 1.48. The van der Waals surface area contributed by atoms with Crippen LogP contribution in [0.3, 0.4) is 0 Å². The van der Waals surface area contributed by atoms with Gasteiger partial charge in [-0.3, -0.25) is 4.79 Å². The van der Waals surface area contributed by atoms with E-state index >= 15 is 0 Å². The molecule has 0 aliphatic heterocycles. The van der Waals surface area contributed by atoms with Crippen LogP contribution in [0, 0.1) is 6.92 Å². The van der Waals surface area contributed by atoms with Crippen LogP contribution in [0.5, 0.6) is 5.75 Å². The highest BCUT2D eigenvalue weighted by Gasteiger charge is 2.11. The normalized spacial score (nSPS) is 11.0. The Hall–Kier alpha value is -3.41. The largest absolute Gasteiger partial charge is 0.492 e. The van der Waals surface area contributed by atoms with E-state index in [-0.39, 0.29) is 5.91 Å². The van der Waals surface area contributed by atoms with Crippen LogP contribution >= 0.6 is 0 Å². The van der Waals surface area contributed by atoms with Crippen molar-refractivity contribution in [3.63, 3.8) is 0 Å². The predicted molar refractivity (Wildman–Crippen MR) is 98.3 cm³/mol. The fraction of sp³-hybridized carbons (Fsp3) is 0.150. The van der Waals surface area contributed by atoms with Crippen LogP contribution in [-0.2, 0) is 0 Å². The van der Waals surface area contributed by atoms with Crippen LogP contribution in [-0.4, -0.2) is 29.2 Å². The van der Waals surface area contributed by atoms with E-state index in [2.05, 4.69) is 21.5 Å². The number of ether oxygens (including phenoxy) is 1. The highest BCUT2D eigenvalue weighted by Crippen LogP contribution is 2.20. The van der Waals surface area contributed by atoms with E-state index in [1.807, 2.05) is 43.3 Å². The third-order valence-corrected chi connectivity index (χ3v) is 4.15. The highest BCUT2D eigenvalue weighted by atomic mass is 16.5. The number of hydrogen-bond donors (Lipinski definition) is 1. The zero-order chi connectivity index (χ0) is 17.9. The number of nitrogens with one attached hydrogen (secondary N) is 1. The minimum Gasteiger partial charge on any atom is -0.492 e. The fourth-order valence-electron chi connectivity index (χ4n) is 2.76. The lowest BCUT2D eigenvalue weighted by Gasteiger charge is -2.08. The first kappa shape index (κ1) is 16.1. The van der Waals surface area contributed by atoms with Gasteiger partial charge in [0, 0.05) is 6.20 Å². The summed E-state index contributed by atoms with van der Waals surface area (Å²) in [4.78, 5) is 16.4. The average Bonchev–Trinajstić information content (AvgIpc) is 3.05. The molecule has 1 N–H and O–H groups in total. The van der Waals surface area contributed by atoms with Gasteiger partial charge >= 0.3 is 0 Å². The van der Waals surface area contributed by atoms with Gasteiger partial charge in [-0.1, -0.05) is 35.5 Å². The molecule has 0 atom stereocenters. The van der Waals surface area contributed by atoms with Gasteiger partial charge in [-0.15, -0.1) is 0 Å². The van der Waals surface area contributed by atoms with Gasteiger partial charge in [0.05, 0.1) is 23.2 Å². The van der Waals surface area contributed by atoms with Crippen molar-refractivity contribution >= 4 is 27.8 Å². The van der Waals surface area contributed by atoms with Crippen LogP contribution in [0.15, 0.2) is 59.3 Å². The van der Waals surface area contributed by atoms with Gasteiger partial charge in [-0.05, 0) is 35.9 Å². The fourth-order valence-corrected chi connectivity index (χ4v) is 2.76. The molecule has 2 aromatic carbocycles. The first-order chi connectivity index (χ1) is 12.7. The standard InChI is InChI=1S/C20H17N3O3/c1-13-18-11-16(12-22-20(18)26-23-13)19(24)21-8-9-25-17-7-6-14-4-2-3-5-15(14)10-17/h2-7,10-12H,8-9H2,1H3,(H,21,24). The van der Waals surface area contributed by atoms with Crippen molar-refractivity contribution in [2.45, 2.75) is 6.92 Å². The Morgan fingerprint density at radius 1 is 1.15 bits per heavy atom. The Morgan fingerprint density at radius 3 is 2.88 bits per heavy atom. The van der Waals surface area contributed by atoms with Crippen LogP contribution in [0.4, 0.5) is 0 Å². The van der Waals surface area contributed by atoms with Crippen molar-refractivity contribution in [3.05, 3.63) is 66.0 Å². The molecule has 4 aromatic rings. The Morgan fingerprint density at radius 2 is 2.00 bits per heavy atom. The summed E-state index contributed by atoms with van der Waals surface area (Å²) in [5.41, 5.74) is 1.61. The second kappa shape index (κ2) is 6.84.